The highest BCUT2D eigenvalue weighted by Crippen LogP contribution is 2.23. The van der Waals surface area contributed by atoms with Crippen molar-refractivity contribution in [1.29, 1.82) is 0 Å². The number of carbonyl (C=O) groups is 1. The average Bonchev–Trinajstić information content (AvgIpc) is 3.14. The van der Waals surface area contributed by atoms with Crippen molar-refractivity contribution in [2.75, 3.05) is 6.61 Å². The highest BCUT2D eigenvalue weighted by atomic mass is 16.5. The summed E-state index contributed by atoms with van der Waals surface area (Å²) < 4.78 is 7.74. The second kappa shape index (κ2) is 8.15. The zero-order valence-corrected chi connectivity index (χ0v) is 14.2. The van der Waals surface area contributed by atoms with Gasteiger partial charge in [-0.1, -0.05) is 36.4 Å². The Labute approximate surface area is 147 Å². The van der Waals surface area contributed by atoms with Gasteiger partial charge in [-0.25, -0.2) is 4.98 Å². The summed E-state index contributed by atoms with van der Waals surface area (Å²) in [6.45, 7) is 3.46. The zero-order valence-electron chi connectivity index (χ0n) is 14.2. The van der Waals surface area contributed by atoms with Crippen molar-refractivity contribution in [2.24, 2.45) is 0 Å². The van der Waals surface area contributed by atoms with E-state index in [-0.39, 0.29) is 5.91 Å². The maximum atomic E-state index is 11.0. The van der Waals surface area contributed by atoms with Crippen LogP contribution < -0.4 is 10.1 Å². The number of imidazole rings is 1. The molecule has 1 N–H and O–H groups in total. The van der Waals surface area contributed by atoms with Crippen LogP contribution in [0.1, 0.15) is 12.5 Å². The summed E-state index contributed by atoms with van der Waals surface area (Å²) in [5.74, 6) is 0.832. The Morgan fingerprint density at radius 2 is 1.76 bits per heavy atom. The molecule has 1 heterocycles. The van der Waals surface area contributed by atoms with E-state index in [0.29, 0.717) is 13.2 Å². The standard InChI is InChI=1S/C20H21N3O2/c1-16(24)22-14-17-2-4-18(5-3-17)19-6-8-20(9-7-19)25-13-12-23-11-10-21-15-23/h2-11,15H,12-14H2,1H3,(H,22,24). The third-order valence-electron chi connectivity index (χ3n) is 3.86. The minimum atomic E-state index is -0.0206. The molecule has 5 nitrogen and oxygen atoms in total. The molecule has 5 heteroatoms. The molecule has 0 saturated heterocycles. The van der Waals surface area contributed by atoms with E-state index in [0.717, 1.165) is 29.0 Å². The fourth-order valence-electron chi connectivity index (χ4n) is 2.47. The van der Waals surface area contributed by atoms with Gasteiger partial charge in [0.2, 0.25) is 5.91 Å². The Morgan fingerprint density at radius 1 is 1.08 bits per heavy atom. The summed E-state index contributed by atoms with van der Waals surface area (Å²) in [6, 6.07) is 16.2. The fourth-order valence-corrected chi connectivity index (χ4v) is 2.47. The molecule has 3 aromatic rings. The number of rotatable bonds is 7. The van der Waals surface area contributed by atoms with Crippen LogP contribution in [0, 0.1) is 0 Å². The molecule has 0 radical (unpaired) electrons. The molecule has 25 heavy (non-hydrogen) atoms. The molecule has 0 unspecified atom stereocenters. The van der Waals surface area contributed by atoms with E-state index in [9.17, 15) is 4.79 Å². The second-order valence-corrected chi connectivity index (χ2v) is 5.78. The highest BCUT2D eigenvalue weighted by molar-refractivity contribution is 5.72. The maximum Gasteiger partial charge on any atom is 0.217 e. The normalized spacial score (nSPS) is 10.4. The van der Waals surface area contributed by atoms with Gasteiger partial charge in [-0.15, -0.1) is 0 Å². The number of benzene rings is 2. The predicted molar refractivity (Wildman–Crippen MR) is 97.1 cm³/mol. The number of nitrogens with one attached hydrogen (secondary N) is 1. The first-order valence-electron chi connectivity index (χ1n) is 8.23. The zero-order chi connectivity index (χ0) is 17.5. The molecule has 0 aliphatic carbocycles. The summed E-state index contributed by atoms with van der Waals surface area (Å²) in [5, 5.41) is 2.80. The Bertz CT molecular complexity index is 794. The van der Waals surface area contributed by atoms with Gasteiger partial charge in [0.1, 0.15) is 12.4 Å². The number of hydrogen-bond acceptors (Lipinski definition) is 3. The molecule has 0 bridgehead atoms. The molecule has 0 aliphatic heterocycles. The predicted octanol–water partition coefficient (Wildman–Crippen LogP) is 3.27. The SMILES string of the molecule is CC(=O)NCc1ccc(-c2ccc(OCCn3ccnc3)cc2)cc1. The number of hydrogen-bond donors (Lipinski definition) is 1. The van der Waals surface area contributed by atoms with E-state index in [2.05, 4.69) is 34.6 Å². The van der Waals surface area contributed by atoms with Crippen LogP contribution in [0.2, 0.25) is 0 Å². The molecule has 0 aliphatic rings. The van der Waals surface area contributed by atoms with Gasteiger partial charge in [0, 0.05) is 25.9 Å². The number of nitrogens with zero attached hydrogens (tertiary/aromatic N) is 2. The Kier molecular flexibility index (Phi) is 5.46. The largest absolute Gasteiger partial charge is 0.492 e. The van der Waals surface area contributed by atoms with Gasteiger partial charge in [0.05, 0.1) is 12.9 Å². The molecule has 1 amide bonds. The summed E-state index contributed by atoms with van der Waals surface area (Å²) in [6.07, 6.45) is 5.46. The van der Waals surface area contributed by atoms with E-state index >= 15 is 0 Å². The molecule has 0 fully saturated rings. The van der Waals surface area contributed by atoms with Crippen molar-refractivity contribution in [3.8, 4) is 16.9 Å². The second-order valence-electron chi connectivity index (χ2n) is 5.78. The molecular weight excluding hydrogens is 314 g/mol. The Hall–Kier alpha value is -3.08. The smallest absolute Gasteiger partial charge is 0.217 e. The number of ether oxygens (including phenoxy) is 1. The number of amides is 1. The van der Waals surface area contributed by atoms with Crippen molar-refractivity contribution >= 4 is 5.91 Å². The van der Waals surface area contributed by atoms with E-state index < -0.39 is 0 Å². The van der Waals surface area contributed by atoms with Crippen LogP contribution in [0.3, 0.4) is 0 Å². The van der Waals surface area contributed by atoms with Crippen LogP contribution >= 0.6 is 0 Å². The molecule has 128 valence electrons. The van der Waals surface area contributed by atoms with Gasteiger partial charge in [0.15, 0.2) is 0 Å². The molecule has 0 spiro atoms. The average molecular weight is 335 g/mol. The topological polar surface area (TPSA) is 56.1 Å². The molecule has 3 rings (SSSR count). The quantitative estimate of drug-likeness (QED) is 0.721. The van der Waals surface area contributed by atoms with Crippen molar-refractivity contribution in [2.45, 2.75) is 20.0 Å². The fraction of sp³-hybridized carbons (Fsp3) is 0.200. The lowest BCUT2D eigenvalue weighted by atomic mass is 10.0. The van der Waals surface area contributed by atoms with Crippen LogP contribution in [0.5, 0.6) is 5.75 Å². The first-order chi connectivity index (χ1) is 12.2. The first-order valence-corrected chi connectivity index (χ1v) is 8.23. The van der Waals surface area contributed by atoms with Crippen LogP contribution in [0.4, 0.5) is 0 Å². The number of carbonyl (C=O) groups excluding carboxylic acids is 1. The molecular formula is C20H21N3O2. The van der Waals surface area contributed by atoms with Crippen molar-refractivity contribution in [1.82, 2.24) is 14.9 Å². The monoisotopic (exact) mass is 335 g/mol. The van der Waals surface area contributed by atoms with Crippen molar-refractivity contribution < 1.29 is 9.53 Å². The van der Waals surface area contributed by atoms with E-state index in [1.54, 1.807) is 12.5 Å². The lowest BCUT2D eigenvalue weighted by Crippen LogP contribution is -2.18. The third kappa shape index (κ3) is 4.94. The van der Waals surface area contributed by atoms with Crippen LogP contribution in [-0.4, -0.2) is 22.1 Å². The first kappa shape index (κ1) is 16.8. The maximum absolute atomic E-state index is 11.0. The van der Waals surface area contributed by atoms with Crippen molar-refractivity contribution in [3.63, 3.8) is 0 Å². The summed E-state index contributed by atoms with van der Waals surface area (Å²) >= 11 is 0. The molecule has 2 aromatic carbocycles. The van der Waals surface area contributed by atoms with Gasteiger partial charge < -0.3 is 14.6 Å². The minimum absolute atomic E-state index is 0.0206. The van der Waals surface area contributed by atoms with Gasteiger partial charge in [-0.2, -0.15) is 0 Å². The molecule has 0 saturated carbocycles. The lowest BCUT2D eigenvalue weighted by Gasteiger charge is -2.08. The van der Waals surface area contributed by atoms with Gasteiger partial charge >= 0.3 is 0 Å². The lowest BCUT2D eigenvalue weighted by molar-refractivity contribution is -0.119. The van der Waals surface area contributed by atoms with Crippen LogP contribution in [0.15, 0.2) is 67.3 Å². The van der Waals surface area contributed by atoms with Crippen molar-refractivity contribution in [3.05, 3.63) is 72.8 Å². The summed E-state index contributed by atoms with van der Waals surface area (Å²) in [5.41, 5.74) is 3.35. The van der Waals surface area contributed by atoms with E-state index in [1.807, 2.05) is 35.0 Å². The Balaban J connectivity index is 1.55. The third-order valence-corrected chi connectivity index (χ3v) is 3.86. The molecule has 1 aromatic heterocycles. The van der Waals surface area contributed by atoms with Gasteiger partial charge in [-0.3, -0.25) is 4.79 Å². The highest BCUT2D eigenvalue weighted by Gasteiger charge is 2.01. The minimum Gasteiger partial charge on any atom is -0.492 e. The molecule has 0 atom stereocenters. The summed E-state index contributed by atoms with van der Waals surface area (Å²) in [4.78, 5) is 15.0. The summed E-state index contributed by atoms with van der Waals surface area (Å²) in [7, 11) is 0. The Morgan fingerprint density at radius 3 is 2.36 bits per heavy atom. The van der Waals surface area contributed by atoms with Gasteiger partial charge in [0.25, 0.3) is 0 Å². The van der Waals surface area contributed by atoms with E-state index in [4.69, 9.17) is 4.74 Å². The number of aromatic nitrogens is 2. The van der Waals surface area contributed by atoms with Crippen LogP contribution in [-0.2, 0) is 17.9 Å². The van der Waals surface area contributed by atoms with E-state index in [1.165, 1.54) is 6.92 Å². The van der Waals surface area contributed by atoms with Crippen LogP contribution in [0.25, 0.3) is 11.1 Å². The van der Waals surface area contributed by atoms with Gasteiger partial charge in [-0.05, 0) is 28.8 Å².